The fourth-order valence-corrected chi connectivity index (χ4v) is 3.75. The van der Waals surface area contributed by atoms with Gasteiger partial charge in [-0.25, -0.2) is 9.37 Å². The summed E-state index contributed by atoms with van der Waals surface area (Å²) in [5, 5.41) is 10.4. The van der Waals surface area contributed by atoms with E-state index in [-0.39, 0.29) is 11.8 Å². The highest BCUT2D eigenvalue weighted by molar-refractivity contribution is 6.30. The molecular weight excluding hydrogens is 427 g/mol. The second kappa shape index (κ2) is 10.6. The lowest BCUT2D eigenvalue weighted by molar-refractivity contribution is 0.0633. The van der Waals surface area contributed by atoms with E-state index in [0.717, 1.165) is 42.8 Å². The van der Waals surface area contributed by atoms with Gasteiger partial charge in [-0.1, -0.05) is 29.7 Å². The summed E-state index contributed by atoms with van der Waals surface area (Å²) in [5.41, 5.74) is 2.36. The van der Waals surface area contributed by atoms with Crippen LogP contribution < -0.4 is 4.74 Å². The minimum absolute atomic E-state index is 0.103. The summed E-state index contributed by atoms with van der Waals surface area (Å²) in [7, 11) is 0. The van der Waals surface area contributed by atoms with Gasteiger partial charge in [-0.3, -0.25) is 4.90 Å². The highest BCUT2D eigenvalue weighted by Crippen LogP contribution is 2.22. The van der Waals surface area contributed by atoms with Gasteiger partial charge < -0.3 is 9.84 Å². The number of aromatic nitrogens is 1. The molecule has 4 nitrogen and oxygen atoms in total. The van der Waals surface area contributed by atoms with Crippen molar-refractivity contribution < 1.29 is 14.2 Å². The molecule has 1 aromatic heterocycles. The number of aliphatic hydroxyl groups is 1. The molecule has 4 rings (SSSR count). The molecule has 0 bridgehead atoms. The van der Waals surface area contributed by atoms with Crippen LogP contribution in [-0.4, -0.2) is 47.3 Å². The molecule has 1 atom stereocenters. The molecule has 1 fully saturated rings. The Bertz CT molecular complexity index is 1110. The van der Waals surface area contributed by atoms with E-state index >= 15 is 0 Å². The Morgan fingerprint density at radius 3 is 2.59 bits per heavy atom. The first-order valence-electron chi connectivity index (χ1n) is 10.6. The van der Waals surface area contributed by atoms with Crippen LogP contribution in [-0.2, 0) is 0 Å². The van der Waals surface area contributed by atoms with E-state index in [0.29, 0.717) is 23.7 Å². The van der Waals surface area contributed by atoms with Crippen LogP contribution >= 0.6 is 11.6 Å². The van der Waals surface area contributed by atoms with Crippen molar-refractivity contribution in [3.8, 4) is 28.7 Å². The van der Waals surface area contributed by atoms with E-state index in [1.807, 2.05) is 36.4 Å². The fraction of sp³-hybridized carbons (Fsp3) is 0.269. The van der Waals surface area contributed by atoms with Gasteiger partial charge in [0.15, 0.2) is 5.82 Å². The standard InChI is InChI=1S/C26H24ClFN2O2/c27-22-8-6-20(7-9-22)21-16-25(28)26(29-17-21)12-5-19-3-10-24(11-4-19)32-15-14-30-13-1-2-23(31)18-30/h3-4,6-11,16-17,23,31H,1-2,13-15,18H2. The number of ether oxygens (including phenoxy) is 1. The topological polar surface area (TPSA) is 45.6 Å². The Morgan fingerprint density at radius 2 is 1.88 bits per heavy atom. The molecular formula is C26H24ClFN2O2. The van der Waals surface area contributed by atoms with Crippen LogP contribution in [0.2, 0.25) is 5.02 Å². The molecule has 6 heteroatoms. The third-order valence-electron chi connectivity index (χ3n) is 5.36. The number of hydrogen-bond donors (Lipinski definition) is 1. The van der Waals surface area contributed by atoms with Crippen LogP contribution in [0.4, 0.5) is 4.39 Å². The van der Waals surface area contributed by atoms with Crippen molar-refractivity contribution in [3.05, 3.63) is 82.9 Å². The molecule has 1 aliphatic heterocycles. The van der Waals surface area contributed by atoms with Crippen LogP contribution in [0.5, 0.6) is 5.75 Å². The Balaban J connectivity index is 1.33. The molecule has 2 heterocycles. The number of halogens is 2. The number of β-amino-alcohol motifs (C(OH)–C–C–N with tert-alkyl or cyclic N) is 1. The van der Waals surface area contributed by atoms with Gasteiger partial charge in [0.25, 0.3) is 0 Å². The molecule has 1 saturated heterocycles. The minimum Gasteiger partial charge on any atom is -0.492 e. The third kappa shape index (κ3) is 6.08. The lowest BCUT2D eigenvalue weighted by atomic mass is 10.1. The van der Waals surface area contributed by atoms with Crippen molar-refractivity contribution in [1.82, 2.24) is 9.88 Å². The molecule has 32 heavy (non-hydrogen) atoms. The highest BCUT2D eigenvalue weighted by atomic mass is 35.5. The zero-order chi connectivity index (χ0) is 22.3. The summed E-state index contributed by atoms with van der Waals surface area (Å²) in [6.07, 6.45) is 3.28. The summed E-state index contributed by atoms with van der Waals surface area (Å²) in [6.45, 7) is 3.06. The number of likely N-dealkylation sites (tertiary alicyclic amines) is 1. The molecule has 1 aliphatic rings. The summed E-state index contributed by atoms with van der Waals surface area (Å²) < 4.78 is 20.3. The molecule has 0 aliphatic carbocycles. The van der Waals surface area contributed by atoms with Gasteiger partial charge in [0.05, 0.1) is 6.10 Å². The Hall–Kier alpha value is -2.91. The number of hydrogen-bond acceptors (Lipinski definition) is 4. The maximum absolute atomic E-state index is 14.5. The molecule has 0 radical (unpaired) electrons. The molecule has 1 unspecified atom stereocenters. The van der Waals surface area contributed by atoms with Gasteiger partial charge in [0, 0.05) is 35.4 Å². The first-order chi connectivity index (χ1) is 15.6. The molecule has 0 saturated carbocycles. The van der Waals surface area contributed by atoms with Gasteiger partial charge in [-0.15, -0.1) is 0 Å². The predicted molar refractivity (Wildman–Crippen MR) is 124 cm³/mol. The van der Waals surface area contributed by atoms with Crippen molar-refractivity contribution in [2.75, 3.05) is 26.2 Å². The van der Waals surface area contributed by atoms with Crippen LogP contribution in [0.25, 0.3) is 11.1 Å². The average Bonchev–Trinajstić information content (AvgIpc) is 2.80. The first kappa shape index (κ1) is 22.3. The van der Waals surface area contributed by atoms with E-state index < -0.39 is 5.82 Å². The Morgan fingerprint density at radius 1 is 1.09 bits per heavy atom. The summed E-state index contributed by atoms with van der Waals surface area (Å²) >= 11 is 5.90. The highest BCUT2D eigenvalue weighted by Gasteiger charge is 2.17. The normalized spacial score (nSPS) is 16.3. The zero-order valence-corrected chi connectivity index (χ0v) is 18.4. The smallest absolute Gasteiger partial charge is 0.158 e. The van der Waals surface area contributed by atoms with Gasteiger partial charge in [-0.05, 0) is 73.3 Å². The Labute approximate surface area is 192 Å². The minimum atomic E-state index is -0.465. The molecule has 0 spiro atoms. The lowest BCUT2D eigenvalue weighted by Gasteiger charge is -2.29. The number of aliphatic hydroxyl groups excluding tert-OH is 1. The number of rotatable bonds is 5. The van der Waals surface area contributed by atoms with E-state index in [9.17, 15) is 9.50 Å². The average molecular weight is 451 g/mol. The Kier molecular flexibility index (Phi) is 7.39. The first-order valence-corrected chi connectivity index (χ1v) is 11.0. The van der Waals surface area contributed by atoms with Crippen LogP contribution in [0.1, 0.15) is 24.1 Å². The maximum atomic E-state index is 14.5. The van der Waals surface area contributed by atoms with E-state index in [1.165, 1.54) is 6.07 Å². The van der Waals surface area contributed by atoms with Crippen molar-refractivity contribution in [2.45, 2.75) is 18.9 Å². The van der Waals surface area contributed by atoms with Crippen molar-refractivity contribution in [1.29, 1.82) is 0 Å². The second-order valence-corrected chi connectivity index (χ2v) is 8.22. The molecule has 1 N–H and O–H groups in total. The van der Waals surface area contributed by atoms with E-state index in [1.54, 1.807) is 18.3 Å². The summed E-state index contributed by atoms with van der Waals surface area (Å²) in [4.78, 5) is 6.39. The largest absolute Gasteiger partial charge is 0.492 e. The molecule has 2 aromatic carbocycles. The van der Waals surface area contributed by atoms with Crippen LogP contribution in [0, 0.1) is 17.7 Å². The second-order valence-electron chi connectivity index (χ2n) is 7.78. The van der Waals surface area contributed by atoms with Gasteiger partial charge >= 0.3 is 0 Å². The molecule has 164 valence electrons. The maximum Gasteiger partial charge on any atom is 0.158 e. The van der Waals surface area contributed by atoms with Gasteiger partial charge in [0.1, 0.15) is 18.1 Å². The van der Waals surface area contributed by atoms with Crippen molar-refractivity contribution in [2.24, 2.45) is 0 Å². The number of piperidine rings is 1. The lowest BCUT2D eigenvalue weighted by Crippen LogP contribution is -2.40. The van der Waals surface area contributed by atoms with E-state index in [4.69, 9.17) is 16.3 Å². The monoisotopic (exact) mass is 450 g/mol. The third-order valence-corrected chi connectivity index (χ3v) is 5.61. The summed E-state index contributed by atoms with van der Waals surface area (Å²) in [6, 6.07) is 16.0. The van der Waals surface area contributed by atoms with Gasteiger partial charge in [-0.2, -0.15) is 0 Å². The number of pyridine rings is 1. The van der Waals surface area contributed by atoms with Crippen molar-refractivity contribution in [3.63, 3.8) is 0 Å². The predicted octanol–water partition coefficient (Wildman–Crippen LogP) is 4.78. The zero-order valence-electron chi connectivity index (χ0n) is 17.6. The van der Waals surface area contributed by atoms with Crippen molar-refractivity contribution >= 4 is 11.6 Å². The quantitative estimate of drug-likeness (QED) is 0.568. The van der Waals surface area contributed by atoms with E-state index in [2.05, 4.69) is 21.7 Å². The van der Waals surface area contributed by atoms with Crippen LogP contribution in [0.15, 0.2) is 60.8 Å². The van der Waals surface area contributed by atoms with Gasteiger partial charge in [0.2, 0.25) is 0 Å². The number of benzene rings is 2. The molecule has 0 amide bonds. The number of nitrogens with zero attached hydrogens (tertiary/aromatic N) is 2. The SMILES string of the molecule is OC1CCCN(CCOc2ccc(C#Cc3ncc(-c4ccc(Cl)cc4)cc3F)cc2)C1. The fourth-order valence-electron chi connectivity index (χ4n) is 3.62. The van der Waals surface area contributed by atoms with Crippen LogP contribution in [0.3, 0.4) is 0 Å². The summed E-state index contributed by atoms with van der Waals surface area (Å²) in [5.74, 6) is 6.03. The molecule has 3 aromatic rings.